The van der Waals surface area contributed by atoms with Crippen molar-refractivity contribution < 1.29 is 0 Å². The Kier molecular flexibility index (Phi) is 7.67. The van der Waals surface area contributed by atoms with Crippen molar-refractivity contribution in [1.82, 2.24) is 19.5 Å². The molecular weight excluding hydrogens is 669 g/mol. The highest BCUT2D eigenvalue weighted by molar-refractivity contribution is 6.13. The second kappa shape index (κ2) is 12.9. The van der Waals surface area contributed by atoms with Crippen LogP contribution in [0.1, 0.15) is 26.3 Å². The zero-order chi connectivity index (χ0) is 37.1. The fraction of sp³-hybridized carbons (Fsp3) is 0.0784. The maximum atomic E-state index is 5.23. The van der Waals surface area contributed by atoms with Crippen LogP contribution in [-0.4, -0.2) is 19.5 Å². The lowest BCUT2D eigenvalue weighted by molar-refractivity contribution is 0.590. The summed E-state index contributed by atoms with van der Waals surface area (Å²) in [5, 5.41) is 7.17. The summed E-state index contributed by atoms with van der Waals surface area (Å²) < 4.78 is 2.19. The summed E-state index contributed by atoms with van der Waals surface area (Å²) in [7, 11) is 0. The third-order valence-electron chi connectivity index (χ3n) is 10.8. The highest BCUT2D eigenvalue weighted by atomic mass is 15.2. The van der Waals surface area contributed by atoms with Gasteiger partial charge in [0.15, 0.2) is 11.6 Å². The third kappa shape index (κ3) is 5.75. The molecule has 0 unspecified atom stereocenters. The fourth-order valence-electron chi connectivity index (χ4n) is 7.96. The van der Waals surface area contributed by atoms with Crippen LogP contribution < -0.4 is 0 Å². The van der Waals surface area contributed by atoms with Crippen LogP contribution >= 0.6 is 0 Å². The number of benzene rings is 8. The molecule has 8 aromatic carbocycles. The molecule has 0 amide bonds. The molecular formula is C51H38N4. The molecule has 0 radical (unpaired) electrons. The van der Waals surface area contributed by atoms with Gasteiger partial charge in [0.1, 0.15) is 0 Å². The molecule has 0 aliphatic heterocycles. The van der Waals surface area contributed by atoms with Crippen molar-refractivity contribution in [2.45, 2.75) is 26.2 Å². The lowest BCUT2D eigenvalue weighted by Gasteiger charge is -2.20. The van der Waals surface area contributed by atoms with Crippen molar-refractivity contribution in [3.8, 4) is 51.0 Å². The lowest BCUT2D eigenvalue weighted by atomic mass is 9.84. The molecule has 0 atom stereocenters. The number of nitrogens with zero attached hydrogens (tertiary/aromatic N) is 4. The highest BCUT2D eigenvalue weighted by Gasteiger charge is 2.20. The Morgan fingerprint density at radius 1 is 0.400 bits per heavy atom. The van der Waals surface area contributed by atoms with Crippen LogP contribution in [-0.2, 0) is 5.41 Å². The number of rotatable bonds is 5. The molecule has 4 nitrogen and oxygen atoms in total. The van der Waals surface area contributed by atoms with Crippen molar-refractivity contribution in [3.05, 3.63) is 181 Å². The molecule has 55 heavy (non-hydrogen) atoms. The third-order valence-corrected chi connectivity index (χ3v) is 10.8. The molecule has 0 saturated carbocycles. The van der Waals surface area contributed by atoms with E-state index in [-0.39, 0.29) is 5.41 Å². The minimum Gasteiger partial charge on any atom is -0.278 e. The van der Waals surface area contributed by atoms with E-state index in [0.29, 0.717) is 17.6 Å². The quantitative estimate of drug-likeness (QED) is 0.179. The summed E-state index contributed by atoms with van der Waals surface area (Å²) in [6.45, 7) is 6.81. The molecule has 4 heteroatoms. The van der Waals surface area contributed by atoms with Gasteiger partial charge in [0, 0.05) is 21.9 Å². The monoisotopic (exact) mass is 706 g/mol. The first-order chi connectivity index (χ1) is 26.9. The van der Waals surface area contributed by atoms with E-state index in [1.165, 1.54) is 49.2 Å². The summed E-state index contributed by atoms with van der Waals surface area (Å²) >= 11 is 0. The van der Waals surface area contributed by atoms with Crippen LogP contribution in [0.25, 0.3) is 94.3 Å². The molecule has 2 aromatic heterocycles. The fourth-order valence-corrected chi connectivity index (χ4v) is 7.96. The molecule has 0 aliphatic carbocycles. The SMILES string of the molecule is CC(C)(C)c1cccc(-c2cccc3cccc(-c4ccc(-c5nc(-c6ccccc6)nc(-n6c7ccccc7c7cc8ccccc8cc76)n5)cc4)c23)c1. The van der Waals surface area contributed by atoms with E-state index in [1.54, 1.807) is 0 Å². The van der Waals surface area contributed by atoms with Crippen molar-refractivity contribution in [2.75, 3.05) is 0 Å². The smallest absolute Gasteiger partial charge is 0.238 e. The Morgan fingerprint density at radius 3 is 1.69 bits per heavy atom. The number of hydrogen-bond donors (Lipinski definition) is 0. The minimum absolute atomic E-state index is 0.0600. The normalized spacial score (nSPS) is 11.9. The van der Waals surface area contributed by atoms with Gasteiger partial charge in [-0.1, -0.05) is 178 Å². The average molecular weight is 707 g/mol. The Bertz CT molecular complexity index is 3050. The van der Waals surface area contributed by atoms with Crippen LogP contribution in [0.15, 0.2) is 176 Å². The Hall–Kier alpha value is -6.91. The van der Waals surface area contributed by atoms with Gasteiger partial charge >= 0.3 is 0 Å². The minimum atomic E-state index is 0.0600. The maximum absolute atomic E-state index is 5.23. The molecule has 0 bridgehead atoms. The second-order valence-electron chi connectivity index (χ2n) is 15.3. The standard InChI is InChI=1S/C51H38N4/c1-51(2,3)40-21-11-20-39(30-40)42-24-13-19-34-18-12-23-41(47(34)42)33-26-28-36(29-27-33)49-52-48(35-14-5-4-6-15-35)53-50(54-49)55-45-25-10-9-22-43(45)44-31-37-16-7-8-17-38(37)32-46(44)55/h4-32H,1-3H3. The number of para-hydroxylation sites is 1. The maximum Gasteiger partial charge on any atom is 0.238 e. The van der Waals surface area contributed by atoms with Crippen molar-refractivity contribution in [1.29, 1.82) is 0 Å². The van der Waals surface area contributed by atoms with Crippen molar-refractivity contribution >= 4 is 43.4 Å². The Morgan fingerprint density at radius 2 is 0.964 bits per heavy atom. The Labute approximate surface area is 320 Å². The van der Waals surface area contributed by atoms with E-state index >= 15 is 0 Å². The van der Waals surface area contributed by atoms with Crippen LogP contribution in [0.4, 0.5) is 0 Å². The van der Waals surface area contributed by atoms with E-state index < -0.39 is 0 Å². The highest BCUT2D eigenvalue weighted by Crippen LogP contribution is 2.39. The molecule has 0 fully saturated rings. The van der Waals surface area contributed by atoms with Gasteiger partial charge in [0.2, 0.25) is 5.95 Å². The van der Waals surface area contributed by atoms with E-state index in [1.807, 2.05) is 18.2 Å². The van der Waals surface area contributed by atoms with E-state index in [0.717, 1.165) is 33.1 Å². The largest absolute Gasteiger partial charge is 0.278 e. The number of fused-ring (bicyclic) bond motifs is 5. The molecule has 10 rings (SSSR count). The van der Waals surface area contributed by atoms with E-state index in [2.05, 4.69) is 183 Å². The average Bonchev–Trinajstić information content (AvgIpc) is 3.55. The Balaban J connectivity index is 1.13. The first kappa shape index (κ1) is 32.7. The van der Waals surface area contributed by atoms with Crippen molar-refractivity contribution in [2.24, 2.45) is 0 Å². The first-order valence-corrected chi connectivity index (χ1v) is 18.9. The van der Waals surface area contributed by atoms with E-state index in [9.17, 15) is 0 Å². The molecule has 0 saturated heterocycles. The summed E-state index contributed by atoms with van der Waals surface area (Å²) in [4.78, 5) is 15.5. The lowest BCUT2D eigenvalue weighted by Crippen LogP contribution is -2.10. The topological polar surface area (TPSA) is 43.6 Å². The molecule has 0 spiro atoms. The van der Waals surface area contributed by atoms with Gasteiger partial charge in [-0.05, 0) is 73.0 Å². The summed E-state index contributed by atoms with van der Waals surface area (Å²) in [6, 6.07) is 62.6. The summed E-state index contributed by atoms with van der Waals surface area (Å²) in [6.07, 6.45) is 0. The van der Waals surface area contributed by atoms with Gasteiger partial charge in [-0.15, -0.1) is 0 Å². The molecule has 262 valence electrons. The summed E-state index contributed by atoms with van der Waals surface area (Å²) in [5.74, 6) is 1.85. The second-order valence-corrected chi connectivity index (χ2v) is 15.3. The van der Waals surface area contributed by atoms with Crippen LogP contribution in [0.3, 0.4) is 0 Å². The van der Waals surface area contributed by atoms with Crippen LogP contribution in [0.5, 0.6) is 0 Å². The predicted octanol–water partition coefficient (Wildman–Crippen LogP) is 13.2. The van der Waals surface area contributed by atoms with Gasteiger partial charge in [-0.2, -0.15) is 9.97 Å². The van der Waals surface area contributed by atoms with Crippen LogP contribution in [0.2, 0.25) is 0 Å². The van der Waals surface area contributed by atoms with Gasteiger partial charge in [-0.25, -0.2) is 4.98 Å². The first-order valence-electron chi connectivity index (χ1n) is 18.9. The van der Waals surface area contributed by atoms with Crippen molar-refractivity contribution in [3.63, 3.8) is 0 Å². The zero-order valence-corrected chi connectivity index (χ0v) is 31.0. The summed E-state index contributed by atoms with van der Waals surface area (Å²) in [5.41, 5.74) is 10.2. The van der Waals surface area contributed by atoms with Crippen LogP contribution in [0, 0.1) is 0 Å². The van der Waals surface area contributed by atoms with Gasteiger partial charge in [-0.3, -0.25) is 4.57 Å². The predicted molar refractivity (Wildman–Crippen MR) is 230 cm³/mol. The number of aromatic nitrogens is 4. The molecule has 0 N–H and O–H groups in total. The van der Waals surface area contributed by atoms with Gasteiger partial charge in [0.25, 0.3) is 0 Å². The number of hydrogen-bond acceptors (Lipinski definition) is 3. The molecule has 10 aromatic rings. The van der Waals surface area contributed by atoms with Gasteiger partial charge in [0.05, 0.1) is 11.0 Å². The molecule has 2 heterocycles. The van der Waals surface area contributed by atoms with Gasteiger partial charge < -0.3 is 0 Å². The molecule has 0 aliphatic rings. The van der Waals surface area contributed by atoms with E-state index in [4.69, 9.17) is 15.0 Å². The zero-order valence-electron chi connectivity index (χ0n) is 31.0.